The van der Waals surface area contributed by atoms with Crippen LogP contribution in [0.4, 0.5) is 0 Å². The van der Waals surface area contributed by atoms with Crippen molar-refractivity contribution in [2.75, 3.05) is 0 Å². The molecule has 0 saturated carbocycles. The highest BCUT2D eigenvalue weighted by Crippen LogP contribution is 2.39. The number of aromatic nitrogens is 2. The molecule has 4 nitrogen and oxygen atoms in total. The van der Waals surface area contributed by atoms with E-state index >= 15 is 0 Å². The molecule has 0 aliphatic carbocycles. The zero-order chi connectivity index (χ0) is 18.1. The molecule has 0 spiro atoms. The Hall–Kier alpha value is -1.76. The van der Waals surface area contributed by atoms with Crippen molar-refractivity contribution in [2.24, 2.45) is 0 Å². The van der Waals surface area contributed by atoms with E-state index in [1.54, 1.807) is 11.8 Å². The lowest BCUT2D eigenvalue weighted by Gasteiger charge is -2.32. The summed E-state index contributed by atoms with van der Waals surface area (Å²) >= 11 is 1.78. The topological polar surface area (TPSA) is 36.3 Å². The molecular formula is C20H21BN2O2S. The van der Waals surface area contributed by atoms with Crippen LogP contribution in [0, 0.1) is 0 Å². The number of thioether (sulfide) groups is 1. The molecular weight excluding hydrogens is 343 g/mol. The number of benzene rings is 2. The Bertz CT molecular complexity index is 1010. The van der Waals surface area contributed by atoms with E-state index < -0.39 is 0 Å². The van der Waals surface area contributed by atoms with Gasteiger partial charge in [-0.2, -0.15) is 0 Å². The third-order valence-electron chi connectivity index (χ3n) is 5.76. The average molecular weight is 364 g/mol. The van der Waals surface area contributed by atoms with Crippen LogP contribution in [-0.2, 0) is 15.1 Å². The van der Waals surface area contributed by atoms with Crippen LogP contribution in [0.25, 0.3) is 16.7 Å². The van der Waals surface area contributed by atoms with Gasteiger partial charge in [0.1, 0.15) is 0 Å². The highest BCUT2D eigenvalue weighted by molar-refractivity contribution is 7.98. The van der Waals surface area contributed by atoms with Gasteiger partial charge in [0.25, 0.3) is 0 Å². The first kappa shape index (κ1) is 16.4. The van der Waals surface area contributed by atoms with E-state index in [0.29, 0.717) is 0 Å². The Morgan fingerprint density at radius 1 is 1.04 bits per heavy atom. The molecule has 0 bridgehead atoms. The summed E-state index contributed by atoms with van der Waals surface area (Å²) in [4.78, 5) is 4.79. The lowest BCUT2D eigenvalue weighted by atomic mass is 9.78. The van der Waals surface area contributed by atoms with Crippen molar-refractivity contribution in [1.82, 2.24) is 9.55 Å². The van der Waals surface area contributed by atoms with Crippen molar-refractivity contribution in [3.63, 3.8) is 0 Å². The molecule has 3 heterocycles. The third-order valence-corrected chi connectivity index (χ3v) is 6.75. The second-order valence-electron chi connectivity index (χ2n) is 7.98. The number of imidazole rings is 1. The van der Waals surface area contributed by atoms with Gasteiger partial charge in [-0.05, 0) is 56.9 Å². The zero-order valence-corrected chi connectivity index (χ0v) is 16.3. The normalized spacial score (nSPS) is 20.2. The van der Waals surface area contributed by atoms with Gasteiger partial charge in [0.05, 0.1) is 27.9 Å². The van der Waals surface area contributed by atoms with Gasteiger partial charge in [0.15, 0.2) is 5.16 Å². The van der Waals surface area contributed by atoms with Gasteiger partial charge in [-0.1, -0.05) is 36.0 Å². The van der Waals surface area contributed by atoms with E-state index in [9.17, 15) is 0 Å². The molecule has 5 rings (SSSR count). The molecule has 0 unspecified atom stereocenters. The van der Waals surface area contributed by atoms with Gasteiger partial charge in [0, 0.05) is 5.75 Å². The maximum absolute atomic E-state index is 6.25. The van der Waals surface area contributed by atoms with E-state index in [-0.39, 0.29) is 18.3 Å². The average Bonchev–Trinajstić information content (AvgIpc) is 3.08. The van der Waals surface area contributed by atoms with Crippen molar-refractivity contribution in [2.45, 2.75) is 49.8 Å². The molecule has 2 aromatic carbocycles. The minimum atomic E-state index is -0.349. The fourth-order valence-corrected chi connectivity index (χ4v) is 4.53. The molecule has 6 heteroatoms. The number of nitrogens with zero attached hydrogens (tertiary/aromatic N) is 2. The Labute approximate surface area is 158 Å². The molecule has 1 fully saturated rings. The summed E-state index contributed by atoms with van der Waals surface area (Å²) in [5, 5.41) is 1.05. The summed E-state index contributed by atoms with van der Waals surface area (Å²) in [6, 6.07) is 14.8. The molecule has 132 valence electrons. The summed E-state index contributed by atoms with van der Waals surface area (Å²) in [7, 11) is -0.349. The number of fused-ring (bicyclic) bond motifs is 5. The number of rotatable bonds is 1. The van der Waals surface area contributed by atoms with Crippen molar-refractivity contribution in [3.8, 4) is 5.69 Å². The third kappa shape index (κ3) is 2.29. The maximum atomic E-state index is 6.25. The van der Waals surface area contributed by atoms with Crippen LogP contribution >= 0.6 is 11.8 Å². The van der Waals surface area contributed by atoms with Crippen molar-refractivity contribution in [1.29, 1.82) is 0 Å². The lowest BCUT2D eigenvalue weighted by Crippen LogP contribution is -2.41. The van der Waals surface area contributed by atoms with E-state index in [1.165, 1.54) is 11.3 Å². The van der Waals surface area contributed by atoms with Crippen molar-refractivity contribution in [3.05, 3.63) is 48.0 Å². The predicted molar refractivity (Wildman–Crippen MR) is 106 cm³/mol. The van der Waals surface area contributed by atoms with Gasteiger partial charge in [-0.15, -0.1) is 0 Å². The largest absolute Gasteiger partial charge is 0.494 e. The number of hydrogen-bond acceptors (Lipinski definition) is 4. The molecule has 1 saturated heterocycles. The van der Waals surface area contributed by atoms with Crippen LogP contribution in [0.15, 0.2) is 47.6 Å². The molecule has 0 amide bonds. The molecule has 3 aromatic rings. The van der Waals surface area contributed by atoms with Crippen LogP contribution in [0.2, 0.25) is 0 Å². The molecule has 1 aromatic heterocycles. The molecule has 0 atom stereocenters. The second-order valence-corrected chi connectivity index (χ2v) is 8.93. The first-order chi connectivity index (χ1) is 12.4. The smallest absolute Gasteiger partial charge is 0.399 e. The predicted octanol–water partition coefficient (Wildman–Crippen LogP) is 3.93. The lowest BCUT2D eigenvalue weighted by molar-refractivity contribution is 0.00578. The highest BCUT2D eigenvalue weighted by Gasteiger charge is 2.51. The Morgan fingerprint density at radius 2 is 1.77 bits per heavy atom. The molecule has 0 N–H and O–H groups in total. The van der Waals surface area contributed by atoms with Crippen LogP contribution in [0.3, 0.4) is 0 Å². The maximum Gasteiger partial charge on any atom is 0.494 e. The fraction of sp³-hybridized carbons (Fsp3) is 0.350. The molecule has 2 aliphatic heterocycles. The van der Waals surface area contributed by atoms with Crippen LogP contribution < -0.4 is 5.46 Å². The van der Waals surface area contributed by atoms with Gasteiger partial charge < -0.3 is 9.31 Å². The van der Waals surface area contributed by atoms with Gasteiger partial charge in [-0.3, -0.25) is 4.57 Å². The van der Waals surface area contributed by atoms with Gasteiger partial charge in [0.2, 0.25) is 0 Å². The quantitative estimate of drug-likeness (QED) is 0.613. The summed E-state index contributed by atoms with van der Waals surface area (Å²) < 4.78 is 14.7. The monoisotopic (exact) mass is 364 g/mol. The van der Waals surface area contributed by atoms with E-state index in [0.717, 1.165) is 27.4 Å². The van der Waals surface area contributed by atoms with Crippen LogP contribution in [0.5, 0.6) is 0 Å². The van der Waals surface area contributed by atoms with Gasteiger partial charge >= 0.3 is 7.12 Å². The first-order valence-electron chi connectivity index (χ1n) is 8.95. The van der Waals surface area contributed by atoms with E-state index in [4.69, 9.17) is 14.3 Å². The van der Waals surface area contributed by atoms with Crippen LogP contribution in [0.1, 0.15) is 33.3 Å². The molecule has 26 heavy (non-hydrogen) atoms. The van der Waals surface area contributed by atoms with Crippen LogP contribution in [-0.4, -0.2) is 27.9 Å². The summed E-state index contributed by atoms with van der Waals surface area (Å²) in [6.07, 6.45) is 0. The van der Waals surface area contributed by atoms with E-state index in [1.807, 2.05) is 6.07 Å². The number of para-hydroxylation sites is 2. The molecule has 0 radical (unpaired) electrons. The SMILES string of the molecule is CC1(C)OB(c2ccc3c(c2)-n2c(nc4ccccc42)SC3)OC1(C)C. The summed E-state index contributed by atoms with van der Waals surface area (Å²) in [5.74, 6) is 0.933. The minimum Gasteiger partial charge on any atom is -0.399 e. The summed E-state index contributed by atoms with van der Waals surface area (Å²) in [5.41, 5.74) is 5.04. The van der Waals surface area contributed by atoms with Gasteiger partial charge in [-0.25, -0.2) is 4.98 Å². The summed E-state index contributed by atoms with van der Waals surface area (Å²) in [6.45, 7) is 8.35. The Kier molecular flexibility index (Phi) is 3.40. The van der Waals surface area contributed by atoms with Crippen molar-refractivity contribution >= 4 is 35.4 Å². The first-order valence-corrected chi connectivity index (χ1v) is 9.93. The standard InChI is InChI=1S/C20H21BN2O2S/c1-19(2)20(3,4)25-21(24-19)14-10-9-13-12-26-18-22-15-7-5-6-8-16(15)23(18)17(13)11-14/h5-11H,12H2,1-4H3. The fourth-order valence-electron chi connectivity index (χ4n) is 3.51. The van der Waals surface area contributed by atoms with E-state index in [2.05, 4.69) is 68.7 Å². The minimum absolute atomic E-state index is 0.337. The van der Waals surface area contributed by atoms with Crippen molar-refractivity contribution < 1.29 is 9.31 Å². The Balaban J connectivity index is 1.63. The zero-order valence-electron chi connectivity index (χ0n) is 15.4. The highest BCUT2D eigenvalue weighted by atomic mass is 32.2. The number of hydrogen-bond donors (Lipinski definition) is 0. The molecule has 2 aliphatic rings. The second kappa shape index (κ2) is 5.38. The Morgan fingerprint density at radius 3 is 2.54 bits per heavy atom.